The molecule has 2 N–H and O–H groups in total. The third kappa shape index (κ3) is 9.08. The summed E-state index contributed by atoms with van der Waals surface area (Å²) in [7, 11) is 0. The smallest absolute Gasteiger partial charge is 0.407 e. The van der Waals surface area contributed by atoms with E-state index in [1.165, 1.54) is 5.56 Å². The minimum absolute atomic E-state index is 0.0205. The maximum Gasteiger partial charge on any atom is 0.407 e. The SMILES string of the molecule is O=C(CCCNC(=O)OCc1ccccc1)NCCN1CCN(Cc2ccccc2)CC1. The van der Waals surface area contributed by atoms with Gasteiger partial charge in [0.15, 0.2) is 0 Å². The number of nitrogens with zero attached hydrogens (tertiary/aromatic N) is 2. The molecular formula is C25H34N4O3. The lowest BCUT2D eigenvalue weighted by molar-refractivity contribution is -0.121. The van der Waals surface area contributed by atoms with Crippen molar-refractivity contribution in [1.29, 1.82) is 0 Å². The van der Waals surface area contributed by atoms with Gasteiger partial charge < -0.3 is 15.4 Å². The van der Waals surface area contributed by atoms with Gasteiger partial charge in [0.05, 0.1) is 0 Å². The molecule has 0 aromatic heterocycles. The van der Waals surface area contributed by atoms with Crippen LogP contribution >= 0.6 is 0 Å². The van der Waals surface area contributed by atoms with Crippen molar-refractivity contribution < 1.29 is 14.3 Å². The fourth-order valence-corrected chi connectivity index (χ4v) is 3.67. The summed E-state index contributed by atoms with van der Waals surface area (Å²) in [6.07, 6.45) is 0.523. The first-order chi connectivity index (χ1) is 15.7. The zero-order valence-electron chi connectivity index (χ0n) is 18.7. The van der Waals surface area contributed by atoms with Gasteiger partial charge in [-0.25, -0.2) is 4.79 Å². The topological polar surface area (TPSA) is 73.9 Å². The molecule has 0 radical (unpaired) electrons. The highest BCUT2D eigenvalue weighted by molar-refractivity contribution is 5.75. The number of hydrogen-bond donors (Lipinski definition) is 2. The molecule has 1 aliphatic heterocycles. The maximum absolute atomic E-state index is 12.0. The quantitative estimate of drug-likeness (QED) is 0.528. The van der Waals surface area contributed by atoms with E-state index in [1.807, 2.05) is 36.4 Å². The van der Waals surface area contributed by atoms with Crippen molar-refractivity contribution in [2.24, 2.45) is 0 Å². The number of carbonyl (C=O) groups is 2. The van der Waals surface area contributed by atoms with Crippen LogP contribution in [0.15, 0.2) is 60.7 Å². The fraction of sp³-hybridized carbons (Fsp3) is 0.440. The molecule has 2 aromatic carbocycles. The molecule has 0 atom stereocenters. The highest BCUT2D eigenvalue weighted by atomic mass is 16.5. The van der Waals surface area contributed by atoms with Crippen molar-refractivity contribution >= 4 is 12.0 Å². The maximum atomic E-state index is 12.0. The first-order valence-corrected chi connectivity index (χ1v) is 11.4. The lowest BCUT2D eigenvalue weighted by atomic mass is 10.2. The summed E-state index contributed by atoms with van der Waals surface area (Å²) in [5.74, 6) is 0.0205. The first-order valence-electron chi connectivity index (χ1n) is 11.4. The third-order valence-electron chi connectivity index (χ3n) is 5.53. The second-order valence-electron chi connectivity index (χ2n) is 8.05. The molecule has 0 saturated carbocycles. The minimum Gasteiger partial charge on any atom is -0.445 e. The van der Waals surface area contributed by atoms with Crippen LogP contribution in [-0.4, -0.2) is 67.6 Å². The van der Waals surface area contributed by atoms with Gasteiger partial charge in [0, 0.05) is 58.8 Å². The van der Waals surface area contributed by atoms with Crippen LogP contribution in [0.3, 0.4) is 0 Å². The molecule has 1 saturated heterocycles. The highest BCUT2D eigenvalue weighted by Gasteiger charge is 2.16. The Labute approximate surface area is 190 Å². The second kappa shape index (κ2) is 13.5. The van der Waals surface area contributed by atoms with Crippen molar-refractivity contribution in [2.45, 2.75) is 26.0 Å². The largest absolute Gasteiger partial charge is 0.445 e. The van der Waals surface area contributed by atoms with Crippen LogP contribution in [-0.2, 0) is 22.7 Å². The number of amides is 2. The molecule has 1 fully saturated rings. The van der Waals surface area contributed by atoms with Gasteiger partial charge in [-0.1, -0.05) is 60.7 Å². The standard InChI is InChI=1S/C25H34N4O3/c30-24(12-7-13-27-25(31)32-21-23-10-5-2-6-11-23)26-14-15-28-16-18-29(19-17-28)20-22-8-3-1-4-9-22/h1-6,8-11H,7,12-21H2,(H,26,30)(H,27,31). The Morgan fingerprint density at radius 3 is 2.09 bits per heavy atom. The number of rotatable bonds is 11. The van der Waals surface area contributed by atoms with E-state index < -0.39 is 6.09 Å². The molecule has 1 aliphatic rings. The number of hydrogen-bond acceptors (Lipinski definition) is 5. The Hall–Kier alpha value is -2.90. The molecule has 7 heteroatoms. The van der Waals surface area contributed by atoms with E-state index in [0.29, 0.717) is 25.9 Å². The van der Waals surface area contributed by atoms with Gasteiger partial charge in [-0.3, -0.25) is 14.6 Å². The zero-order chi connectivity index (χ0) is 22.4. The molecule has 7 nitrogen and oxygen atoms in total. The molecule has 0 aliphatic carbocycles. The average molecular weight is 439 g/mol. The Morgan fingerprint density at radius 2 is 1.41 bits per heavy atom. The van der Waals surface area contributed by atoms with Crippen molar-refractivity contribution in [1.82, 2.24) is 20.4 Å². The molecule has 3 rings (SSSR count). The lowest BCUT2D eigenvalue weighted by Crippen LogP contribution is -2.48. The first kappa shape index (κ1) is 23.8. The third-order valence-corrected chi connectivity index (χ3v) is 5.53. The summed E-state index contributed by atoms with van der Waals surface area (Å²) in [5, 5.41) is 5.66. The van der Waals surface area contributed by atoms with Crippen molar-refractivity contribution in [3.63, 3.8) is 0 Å². The van der Waals surface area contributed by atoms with E-state index in [2.05, 4.69) is 44.7 Å². The number of benzene rings is 2. The number of alkyl carbamates (subject to hydrolysis) is 1. The molecule has 0 bridgehead atoms. The Morgan fingerprint density at radius 1 is 0.781 bits per heavy atom. The molecule has 172 valence electrons. The second-order valence-corrected chi connectivity index (χ2v) is 8.05. The monoisotopic (exact) mass is 438 g/mol. The predicted octanol–water partition coefficient (Wildman–Crippen LogP) is 2.63. The summed E-state index contributed by atoms with van der Waals surface area (Å²) < 4.78 is 5.15. The number of nitrogens with one attached hydrogen (secondary N) is 2. The van der Waals surface area contributed by atoms with E-state index in [1.54, 1.807) is 0 Å². The molecule has 0 spiro atoms. The van der Waals surface area contributed by atoms with Gasteiger partial charge in [-0.15, -0.1) is 0 Å². The van der Waals surface area contributed by atoms with Gasteiger partial charge in [0.1, 0.15) is 6.61 Å². The van der Waals surface area contributed by atoms with E-state index >= 15 is 0 Å². The average Bonchev–Trinajstić information content (AvgIpc) is 2.83. The fourth-order valence-electron chi connectivity index (χ4n) is 3.67. The summed E-state index contributed by atoms with van der Waals surface area (Å²) in [5.41, 5.74) is 2.30. The van der Waals surface area contributed by atoms with E-state index in [-0.39, 0.29) is 12.5 Å². The number of carbonyl (C=O) groups excluding carboxylic acids is 2. The Kier molecular flexibility index (Phi) is 10.0. The van der Waals surface area contributed by atoms with Crippen LogP contribution in [0.1, 0.15) is 24.0 Å². The van der Waals surface area contributed by atoms with Crippen LogP contribution in [0, 0.1) is 0 Å². The number of ether oxygens (including phenoxy) is 1. The Balaban J connectivity index is 1.17. The minimum atomic E-state index is -0.458. The van der Waals surface area contributed by atoms with E-state index in [0.717, 1.165) is 44.8 Å². The van der Waals surface area contributed by atoms with Crippen LogP contribution in [0.2, 0.25) is 0 Å². The van der Waals surface area contributed by atoms with Crippen LogP contribution < -0.4 is 10.6 Å². The van der Waals surface area contributed by atoms with Gasteiger partial charge in [-0.2, -0.15) is 0 Å². The van der Waals surface area contributed by atoms with Crippen molar-refractivity contribution in [3.8, 4) is 0 Å². The molecular weight excluding hydrogens is 404 g/mol. The summed E-state index contributed by atoms with van der Waals surface area (Å²) in [6.45, 7) is 7.34. The van der Waals surface area contributed by atoms with E-state index in [9.17, 15) is 9.59 Å². The van der Waals surface area contributed by atoms with Crippen LogP contribution in [0.25, 0.3) is 0 Å². The molecule has 2 aromatic rings. The van der Waals surface area contributed by atoms with Gasteiger partial charge >= 0.3 is 6.09 Å². The van der Waals surface area contributed by atoms with Crippen molar-refractivity contribution in [3.05, 3.63) is 71.8 Å². The van der Waals surface area contributed by atoms with Gasteiger partial charge in [0.25, 0.3) is 0 Å². The number of piperazine rings is 1. The molecule has 1 heterocycles. The van der Waals surface area contributed by atoms with E-state index in [4.69, 9.17) is 4.74 Å². The van der Waals surface area contributed by atoms with Crippen LogP contribution in [0.4, 0.5) is 4.79 Å². The van der Waals surface area contributed by atoms with Crippen molar-refractivity contribution in [2.75, 3.05) is 45.8 Å². The summed E-state index contributed by atoms with van der Waals surface area (Å²) >= 11 is 0. The van der Waals surface area contributed by atoms with Crippen LogP contribution in [0.5, 0.6) is 0 Å². The van der Waals surface area contributed by atoms with Gasteiger partial charge in [0.2, 0.25) is 5.91 Å². The molecule has 2 amide bonds. The molecule has 32 heavy (non-hydrogen) atoms. The molecule has 0 unspecified atom stereocenters. The van der Waals surface area contributed by atoms with Gasteiger partial charge in [-0.05, 0) is 17.5 Å². The highest BCUT2D eigenvalue weighted by Crippen LogP contribution is 2.08. The lowest BCUT2D eigenvalue weighted by Gasteiger charge is -2.34. The zero-order valence-corrected chi connectivity index (χ0v) is 18.7. The summed E-state index contributed by atoms with van der Waals surface area (Å²) in [4.78, 5) is 28.6. The predicted molar refractivity (Wildman–Crippen MR) is 125 cm³/mol. The normalized spacial score (nSPS) is 14.6. The Bertz CT molecular complexity index is 808. The summed E-state index contributed by atoms with van der Waals surface area (Å²) in [6, 6.07) is 20.1.